The van der Waals surface area contributed by atoms with Crippen LogP contribution in [0.25, 0.3) is 0 Å². The Hall–Kier alpha value is -1.49. The van der Waals surface area contributed by atoms with E-state index in [9.17, 15) is 0 Å². The molecule has 1 aliphatic rings. The van der Waals surface area contributed by atoms with Gasteiger partial charge >= 0.3 is 0 Å². The maximum Gasteiger partial charge on any atom is 0.191 e. The van der Waals surface area contributed by atoms with Crippen molar-refractivity contribution in [2.45, 2.75) is 52.6 Å². The lowest BCUT2D eigenvalue weighted by Gasteiger charge is -2.28. The lowest BCUT2D eigenvalue weighted by molar-refractivity contribution is 0.213. The number of aliphatic imine (C=N–C) groups is 1. The third-order valence-electron chi connectivity index (χ3n) is 4.72. The Kier molecular flexibility index (Phi) is 6.51. The Balaban J connectivity index is 2.00. The molecular formula is C18H32N4O. The van der Waals surface area contributed by atoms with Crippen LogP contribution in [0.3, 0.4) is 0 Å². The zero-order valence-electron chi connectivity index (χ0n) is 15.2. The van der Waals surface area contributed by atoms with Crippen molar-refractivity contribution in [2.24, 2.45) is 10.9 Å². The molecule has 2 unspecified atom stereocenters. The molecule has 130 valence electrons. The van der Waals surface area contributed by atoms with Gasteiger partial charge in [0.05, 0.1) is 6.04 Å². The first kappa shape index (κ1) is 17.9. The van der Waals surface area contributed by atoms with Crippen molar-refractivity contribution in [3.63, 3.8) is 0 Å². The van der Waals surface area contributed by atoms with Crippen LogP contribution in [-0.2, 0) is 0 Å². The number of hydrogen-bond acceptors (Lipinski definition) is 3. The average molecular weight is 320 g/mol. The minimum atomic E-state index is 0.263. The average Bonchev–Trinajstić information content (AvgIpc) is 3.18. The number of likely N-dealkylation sites (tertiary alicyclic amines) is 1. The number of nitrogens with zero attached hydrogens (tertiary/aromatic N) is 2. The largest absolute Gasteiger partial charge is 0.465 e. The zero-order chi connectivity index (χ0) is 16.8. The second kappa shape index (κ2) is 8.39. The number of nitrogens with one attached hydrogen (secondary N) is 2. The third kappa shape index (κ3) is 4.99. The molecule has 2 heterocycles. The van der Waals surface area contributed by atoms with Crippen LogP contribution in [0.5, 0.6) is 0 Å². The smallest absolute Gasteiger partial charge is 0.191 e. The van der Waals surface area contributed by atoms with Crippen LogP contribution in [0.2, 0.25) is 0 Å². The Morgan fingerprint density at radius 3 is 2.48 bits per heavy atom. The minimum absolute atomic E-state index is 0.263. The van der Waals surface area contributed by atoms with Gasteiger partial charge in [0, 0.05) is 19.6 Å². The molecule has 23 heavy (non-hydrogen) atoms. The first-order chi connectivity index (χ1) is 11.0. The summed E-state index contributed by atoms with van der Waals surface area (Å²) < 4.78 is 5.90. The van der Waals surface area contributed by atoms with Crippen molar-refractivity contribution in [3.8, 4) is 0 Å². The molecular weight excluding hydrogens is 288 g/mol. The predicted molar refractivity (Wildman–Crippen MR) is 95.8 cm³/mol. The Morgan fingerprint density at radius 1 is 1.26 bits per heavy atom. The van der Waals surface area contributed by atoms with Crippen LogP contribution in [0, 0.1) is 12.8 Å². The van der Waals surface area contributed by atoms with Gasteiger partial charge in [-0.2, -0.15) is 0 Å². The maximum absolute atomic E-state index is 5.90. The van der Waals surface area contributed by atoms with Crippen LogP contribution in [-0.4, -0.2) is 43.6 Å². The molecule has 1 aromatic heterocycles. The van der Waals surface area contributed by atoms with E-state index in [-0.39, 0.29) is 6.04 Å². The third-order valence-corrected chi connectivity index (χ3v) is 4.72. The molecule has 5 nitrogen and oxygen atoms in total. The van der Waals surface area contributed by atoms with Crippen LogP contribution in [0.1, 0.15) is 51.2 Å². The van der Waals surface area contributed by atoms with Gasteiger partial charge in [0.15, 0.2) is 5.96 Å². The molecule has 0 bridgehead atoms. The second-order valence-electron chi connectivity index (χ2n) is 6.84. The van der Waals surface area contributed by atoms with Crippen molar-refractivity contribution in [3.05, 3.63) is 23.7 Å². The zero-order valence-corrected chi connectivity index (χ0v) is 15.2. The van der Waals surface area contributed by atoms with Crippen molar-refractivity contribution < 1.29 is 4.42 Å². The lowest BCUT2D eigenvalue weighted by Crippen LogP contribution is -2.46. The fourth-order valence-electron chi connectivity index (χ4n) is 2.87. The fourth-order valence-corrected chi connectivity index (χ4v) is 2.87. The van der Waals surface area contributed by atoms with E-state index in [1.165, 1.54) is 12.8 Å². The topological polar surface area (TPSA) is 52.8 Å². The van der Waals surface area contributed by atoms with Crippen LogP contribution in [0.15, 0.2) is 21.5 Å². The molecule has 0 radical (unpaired) electrons. The summed E-state index contributed by atoms with van der Waals surface area (Å²) in [6, 6.07) is 4.80. The second-order valence-corrected chi connectivity index (χ2v) is 6.84. The van der Waals surface area contributed by atoms with Gasteiger partial charge in [0.2, 0.25) is 0 Å². The molecule has 1 saturated heterocycles. The van der Waals surface area contributed by atoms with Crippen LogP contribution in [0.4, 0.5) is 0 Å². The molecule has 5 heteroatoms. The van der Waals surface area contributed by atoms with E-state index in [1.54, 1.807) is 0 Å². The summed E-state index contributed by atoms with van der Waals surface area (Å²) in [6.07, 6.45) is 2.54. The van der Waals surface area contributed by atoms with E-state index in [0.29, 0.717) is 12.0 Å². The number of hydrogen-bond donors (Lipinski definition) is 2. The van der Waals surface area contributed by atoms with Gasteiger partial charge in [-0.3, -0.25) is 9.89 Å². The molecule has 0 amide bonds. The van der Waals surface area contributed by atoms with E-state index < -0.39 is 0 Å². The van der Waals surface area contributed by atoms with Gasteiger partial charge < -0.3 is 15.1 Å². The van der Waals surface area contributed by atoms with E-state index >= 15 is 0 Å². The molecule has 0 spiro atoms. The van der Waals surface area contributed by atoms with E-state index in [4.69, 9.17) is 4.42 Å². The van der Waals surface area contributed by atoms with Crippen molar-refractivity contribution in [1.29, 1.82) is 0 Å². The first-order valence-electron chi connectivity index (χ1n) is 8.78. The van der Waals surface area contributed by atoms with E-state index in [1.807, 2.05) is 20.0 Å². The summed E-state index contributed by atoms with van der Waals surface area (Å²) in [6.45, 7) is 11.7. The lowest BCUT2D eigenvalue weighted by atomic mass is 10.1. The highest BCUT2D eigenvalue weighted by atomic mass is 16.3. The molecule has 0 saturated carbocycles. The van der Waals surface area contributed by atoms with Crippen molar-refractivity contribution in [2.75, 3.05) is 26.7 Å². The molecule has 1 aliphatic heterocycles. The summed E-state index contributed by atoms with van der Waals surface area (Å²) in [5.41, 5.74) is 0. The monoisotopic (exact) mass is 320 g/mol. The molecule has 0 aliphatic carbocycles. The SMILES string of the molecule is CN=C(NCC(c1ccc(C)o1)N1CCCC1)NC(C)C(C)C. The molecule has 2 N–H and O–H groups in total. The summed E-state index contributed by atoms with van der Waals surface area (Å²) in [5.74, 6) is 3.44. The Labute approximate surface area is 140 Å². The summed E-state index contributed by atoms with van der Waals surface area (Å²) in [5, 5.41) is 6.94. The maximum atomic E-state index is 5.90. The normalized spacial score (nSPS) is 19.1. The predicted octanol–water partition coefficient (Wildman–Crippen LogP) is 2.93. The van der Waals surface area contributed by atoms with Gasteiger partial charge in [0.1, 0.15) is 11.5 Å². The highest BCUT2D eigenvalue weighted by Crippen LogP contribution is 2.26. The van der Waals surface area contributed by atoms with E-state index in [2.05, 4.69) is 47.4 Å². The molecule has 2 rings (SSSR count). The van der Waals surface area contributed by atoms with Gasteiger partial charge in [0.25, 0.3) is 0 Å². The van der Waals surface area contributed by atoms with Crippen LogP contribution >= 0.6 is 0 Å². The molecule has 2 atom stereocenters. The summed E-state index contributed by atoms with van der Waals surface area (Å²) in [4.78, 5) is 6.86. The standard InChI is InChI=1S/C18H32N4O/c1-13(2)15(4)21-18(19-5)20-12-16(22-10-6-7-11-22)17-9-8-14(3)23-17/h8-9,13,15-16H,6-7,10-12H2,1-5H3,(H2,19,20,21). The number of rotatable bonds is 6. The summed E-state index contributed by atoms with van der Waals surface area (Å²) in [7, 11) is 1.82. The highest BCUT2D eigenvalue weighted by molar-refractivity contribution is 5.80. The van der Waals surface area contributed by atoms with Crippen molar-refractivity contribution >= 4 is 5.96 Å². The van der Waals surface area contributed by atoms with Crippen molar-refractivity contribution in [1.82, 2.24) is 15.5 Å². The Bertz CT molecular complexity index is 503. The number of furan rings is 1. The fraction of sp³-hybridized carbons (Fsp3) is 0.722. The van der Waals surface area contributed by atoms with E-state index in [0.717, 1.165) is 37.1 Å². The van der Waals surface area contributed by atoms with Gasteiger partial charge in [-0.05, 0) is 57.8 Å². The summed E-state index contributed by atoms with van der Waals surface area (Å²) >= 11 is 0. The molecule has 0 aromatic carbocycles. The molecule has 1 fully saturated rings. The van der Waals surface area contributed by atoms with Crippen LogP contribution < -0.4 is 10.6 Å². The first-order valence-corrected chi connectivity index (χ1v) is 8.78. The number of guanidine groups is 1. The number of aryl methyl sites for hydroxylation is 1. The molecule has 1 aromatic rings. The Morgan fingerprint density at radius 2 is 1.96 bits per heavy atom. The van der Waals surface area contributed by atoms with Gasteiger partial charge in [-0.25, -0.2) is 0 Å². The quantitative estimate of drug-likeness (QED) is 0.625. The minimum Gasteiger partial charge on any atom is -0.465 e. The highest BCUT2D eigenvalue weighted by Gasteiger charge is 2.26. The van der Waals surface area contributed by atoms with Gasteiger partial charge in [-0.1, -0.05) is 13.8 Å². The van der Waals surface area contributed by atoms with Gasteiger partial charge in [-0.15, -0.1) is 0 Å².